The van der Waals surface area contributed by atoms with Crippen molar-refractivity contribution in [3.05, 3.63) is 35.1 Å². The first-order chi connectivity index (χ1) is 8.08. The number of hydrogen-bond acceptors (Lipinski definition) is 2. The number of carbonyl (C=O) groups excluding carboxylic acids is 1. The second-order valence-electron chi connectivity index (χ2n) is 4.67. The zero-order valence-electron chi connectivity index (χ0n) is 10.1. The Morgan fingerprint density at radius 1 is 1.47 bits per heavy atom. The van der Waals surface area contributed by atoms with Crippen LogP contribution < -0.4 is 10.6 Å². The fourth-order valence-corrected chi connectivity index (χ4v) is 2.13. The average Bonchev–Trinajstić information content (AvgIpc) is 2.64. The Balaban J connectivity index is 2.09. The first-order valence-electron chi connectivity index (χ1n) is 5.85. The predicted octanol–water partition coefficient (Wildman–Crippen LogP) is 1.47. The first kappa shape index (κ1) is 12.0. The highest BCUT2D eigenvalue weighted by atomic mass is 19.1. The largest absolute Gasteiger partial charge is 0.348 e. The number of amides is 1. The van der Waals surface area contributed by atoms with Crippen molar-refractivity contribution in [2.45, 2.75) is 19.9 Å². The van der Waals surface area contributed by atoms with E-state index in [0.29, 0.717) is 17.0 Å². The van der Waals surface area contributed by atoms with Crippen LogP contribution in [0.4, 0.5) is 4.39 Å². The van der Waals surface area contributed by atoms with Crippen molar-refractivity contribution in [3.63, 3.8) is 0 Å². The summed E-state index contributed by atoms with van der Waals surface area (Å²) in [4.78, 5) is 12.0. The highest BCUT2D eigenvalue weighted by molar-refractivity contribution is 5.95. The maximum atomic E-state index is 12.9. The van der Waals surface area contributed by atoms with Gasteiger partial charge in [-0.25, -0.2) is 4.39 Å². The van der Waals surface area contributed by atoms with Gasteiger partial charge >= 0.3 is 0 Å². The summed E-state index contributed by atoms with van der Waals surface area (Å²) < 4.78 is 12.9. The topological polar surface area (TPSA) is 41.1 Å². The second kappa shape index (κ2) is 4.84. The molecule has 1 fully saturated rings. The van der Waals surface area contributed by atoms with Gasteiger partial charge in [0.25, 0.3) is 5.91 Å². The normalized spacial score (nSPS) is 23.7. The van der Waals surface area contributed by atoms with Crippen molar-refractivity contribution in [1.29, 1.82) is 0 Å². The molecule has 2 rings (SSSR count). The van der Waals surface area contributed by atoms with Gasteiger partial charge in [-0.15, -0.1) is 0 Å². The first-order valence-corrected chi connectivity index (χ1v) is 5.85. The molecule has 2 N–H and O–H groups in total. The summed E-state index contributed by atoms with van der Waals surface area (Å²) in [5, 5.41) is 6.21. The van der Waals surface area contributed by atoms with Gasteiger partial charge in [0.1, 0.15) is 5.82 Å². The van der Waals surface area contributed by atoms with Crippen LogP contribution in [0.25, 0.3) is 0 Å². The van der Waals surface area contributed by atoms with Crippen LogP contribution >= 0.6 is 0 Å². The lowest BCUT2D eigenvalue weighted by Crippen LogP contribution is -2.39. The van der Waals surface area contributed by atoms with Crippen LogP contribution in [0.15, 0.2) is 18.2 Å². The predicted molar refractivity (Wildman–Crippen MR) is 64.4 cm³/mol. The van der Waals surface area contributed by atoms with Gasteiger partial charge in [0.2, 0.25) is 0 Å². The van der Waals surface area contributed by atoms with Gasteiger partial charge in [-0.3, -0.25) is 4.79 Å². The molecule has 4 heteroatoms. The summed E-state index contributed by atoms with van der Waals surface area (Å²) in [6, 6.07) is 4.39. The van der Waals surface area contributed by atoms with Crippen LogP contribution in [0.2, 0.25) is 0 Å². The lowest BCUT2D eigenvalue weighted by atomic mass is 10.0. The molecule has 92 valence electrons. The average molecular weight is 236 g/mol. The fourth-order valence-electron chi connectivity index (χ4n) is 2.13. The quantitative estimate of drug-likeness (QED) is 0.816. The molecule has 1 aromatic rings. The van der Waals surface area contributed by atoms with E-state index in [0.717, 1.165) is 13.1 Å². The minimum Gasteiger partial charge on any atom is -0.348 e. The highest BCUT2D eigenvalue weighted by Gasteiger charge is 2.25. The van der Waals surface area contributed by atoms with Crippen molar-refractivity contribution in [1.82, 2.24) is 10.6 Å². The molecule has 1 aromatic carbocycles. The molecule has 2 unspecified atom stereocenters. The molecule has 0 saturated carbocycles. The minimum absolute atomic E-state index is 0.122. The number of hydrogen-bond donors (Lipinski definition) is 2. The van der Waals surface area contributed by atoms with E-state index in [1.807, 2.05) is 0 Å². The molecule has 1 aliphatic heterocycles. The number of aryl methyl sites for hydroxylation is 1. The van der Waals surface area contributed by atoms with E-state index >= 15 is 0 Å². The van der Waals surface area contributed by atoms with Crippen molar-refractivity contribution < 1.29 is 9.18 Å². The summed E-state index contributed by atoms with van der Waals surface area (Å²) in [7, 11) is 0. The van der Waals surface area contributed by atoms with Gasteiger partial charge in [0.15, 0.2) is 0 Å². The second-order valence-corrected chi connectivity index (χ2v) is 4.67. The van der Waals surface area contributed by atoms with Crippen LogP contribution in [0.1, 0.15) is 22.8 Å². The van der Waals surface area contributed by atoms with E-state index in [4.69, 9.17) is 0 Å². The van der Waals surface area contributed by atoms with Gasteiger partial charge in [0, 0.05) is 18.2 Å². The molecule has 17 heavy (non-hydrogen) atoms. The SMILES string of the molecule is Cc1cc(F)ccc1C(=O)NC1CNCC1C. The summed E-state index contributed by atoms with van der Waals surface area (Å²) >= 11 is 0. The lowest BCUT2D eigenvalue weighted by molar-refractivity contribution is 0.0932. The molecule has 0 radical (unpaired) electrons. The Morgan fingerprint density at radius 2 is 2.24 bits per heavy atom. The molecule has 3 nitrogen and oxygen atoms in total. The third-order valence-electron chi connectivity index (χ3n) is 3.27. The molecule has 0 aromatic heterocycles. The number of nitrogens with one attached hydrogen (secondary N) is 2. The number of carbonyl (C=O) groups is 1. The summed E-state index contributed by atoms with van der Waals surface area (Å²) in [6.07, 6.45) is 0. The molecule has 1 amide bonds. The van der Waals surface area contributed by atoms with E-state index < -0.39 is 0 Å². The van der Waals surface area contributed by atoms with Crippen molar-refractivity contribution in [3.8, 4) is 0 Å². The van der Waals surface area contributed by atoms with Crippen LogP contribution in [-0.4, -0.2) is 25.0 Å². The van der Waals surface area contributed by atoms with E-state index in [-0.39, 0.29) is 17.8 Å². The van der Waals surface area contributed by atoms with Crippen LogP contribution in [0, 0.1) is 18.7 Å². The zero-order valence-corrected chi connectivity index (χ0v) is 10.1. The number of halogens is 1. The molecule has 0 aliphatic carbocycles. The summed E-state index contributed by atoms with van der Waals surface area (Å²) in [6.45, 7) is 5.57. The molecular weight excluding hydrogens is 219 g/mol. The van der Waals surface area contributed by atoms with Crippen molar-refractivity contribution in [2.75, 3.05) is 13.1 Å². The molecule has 1 aliphatic rings. The van der Waals surface area contributed by atoms with Gasteiger partial charge in [-0.2, -0.15) is 0 Å². The van der Waals surface area contributed by atoms with Crippen LogP contribution in [-0.2, 0) is 0 Å². The fraction of sp³-hybridized carbons (Fsp3) is 0.462. The summed E-state index contributed by atoms with van der Waals surface area (Å²) in [5.74, 6) is -0.00212. The Hall–Kier alpha value is -1.42. The third-order valence-corrected chi connectivity index (χ3v) is 3.27. The Bertz CT molecular complexity index is 433. The Labute approximate surface area is 100 Å². The lowest BCUT2D eigenvalue weighted by Gasteiger charge is -2.17. The van der Waals surface area contributed by atoms with Crippen LogP contribution in [0.3, 0.4) is 0 Å². The molecule has 0 bridgehead atoms. The molecule has 0 spiro atoms. The molecular formula is C13H17FN2O. The van der Waals surface area contributed by atoms with Gasteiger partial charge in [-0.05, 0) is 43.1 Å². The summed E-state index contributed by atoms with van der Waals surface area (Å²) in [5.41, 5.74) is 1.21. The van der Waals surface area contributed by atoms with E-state index in [9.17, 15) is 9.18 Å². The maximum Gasteiger partial charge on any atom is 0.251 e. The van der Waals surface area contributed by atoms with Crippen LogP contribution in [0.5, 0.6) is 0 Å². The number of benzene rings is 1. The maximum absolute atomic E-state index is 12.9. The minimum atomic E-state index is -0.310. The third kappa shape index (κ3) is 2.64. The monoisotopic (exact) mass is 236 g/mol. The Morgan fingerprint density at radius 3 is 2.82 bits per heavy atom. The Kier molecular flexibility index (Phi) is 3.43. The van der Waals surface area contributed by atoms with E-state index in [2.05, 4.69) is 17.6 Å². The van der Waals surface area contributed by atoms with Gasteiger partial charge in [-0.1, -0.05) is 6.92 Å². The van der Waals surface area contributed by atoms with Gasteiger partial charge in [0.05, 0.1) is 0 Å². The standard InChI is InChI=1S/C13H17FN2O/c1-8-5-10(14)3-4-11(8)13(17)16-12-7-15-6-9(12)2/h3-5,9,12,15H,6-7H2,1-2H3,(H,16,17). The van der Waals surface area contributed by atoms with E-state index in [1.54, 1.807) is 6.92 Å². The molecule has 1 saturated heterocycles. The molecule has 2 atom stereocenters. The zero-order chi connectivity index (χ0) is 12.4. The van der Waals surface area contributed by atoms with E-state index in [1.165, 1.54) is 18.2 Å². The molecule has 1 heterocycles. The van der Waals surface area contributed by atoms with Crippen molar-refractivity contribution >= 4 is 5.91 Å². The number of rotatable bonds is 2. The highest BCUT2D eigenvalue weighted by Crippen LogP contribution is 2.12. The van der Waals surface area contributed by atoms with Gasteiger partial charge < -0.3 is 10.6 Å². The smallest absolute Gasteiger partial charge is 0.251 e. The van der Waals surface area contributed by atoms with Crippen molar-refractivity contribution in [2.24, 2.45) is 5.92 Å².